The van der Waals surface area contributed by atoms with Gasteiger partial charge in [-0.3, -0.25) is 4.79 Å². The van der Waals surface area contributed by atoms with Gasteiger partial charge in [-0.25, -0.2) is 8.42 Å². The molecule has 0 saturated heterocycles. The first-order valence-electron chi connectivity index (χ1n) is 7.42. The maximum Gasteiger partial charge on any atom is 0.280 e. The van der Waals surface area contributed by atoms with E-state index in [0.29, 0.717) is 17.1 Å². The summed E-state index contributed by atoms with van der Waals surface area (Å²) in [6.07, 6.45) is 1.02. The average molecular weight is 377 g/mol. The topological polar surface area (TPSA) is 134 Å². The van der Waals surface area contributed by atoms with E-state index in [0.717, 1.165) is 6.26 Å². The van der Waals surface area contributed by atoms with E-state index in [1.807, 2.05) is 0 Å². The van der Waals surface area contributed by atoms with Gasteiger partial charge in [-0.2, -0.15) is 4.99 Å². The van der Waals surface area contributed by atoms with Gasteiger partial charge in [0.2, 0.25) is 0 Å². The fourth-order valence-electron chi connectivity index (χ4n) is 2.23. The highest BCUT2D eigenvalue weighted by Crippen LogP contribution is 2.33. The number of ether oxygens (including phenoxy) is 2. The van der Waals surface area contributed by atoms with Crippen LogP contribution in [-0.2, 0) is 9.84 Å². The van der Waals surface area contributed by atoms with Crippen molar-refractivity contribution in [3.8, 4) is 17.2 Å². The van der Waals surface area contributed by atoms with E-state index in [-0.39, 0.29) is 16.2 Å². The molecule has 138 valence electrons. The monoisotopic (exact) mass is 377 g/mol. The molecular weight excluding hydrogens is 358 g/mol. The molecule has 0 bridgehead atoms. The Balaban J connectivity index is 2.57. The number of carbonyl (C=O) groups excluding carboxylic acids is 1. The number of benzene rings is 2. The van der Waals surface area contributed by atoms with Gasteiger partial charge in [0.15, 0.2) is 15.8 Å². The number of nitrogens with zero attached hydrogens (tertiary/aromatic N) is 1. The molecule has 4 N–H and O–H groups in total. The largest absolute Gasteiger partial charge is 0.497 e. The summed E-state index contributed by atoms with van der Waals surface area (Å²) in [6, 6.07) is 9.35. The number of rotatable bonds is 5. The van der Waals surface area contributed by atoms with Crippen molar-refractivity contribution in [2.24, 2.45) is 16.5 Å². The predicted octanol–water partition coefficient (Wildman–Crippen LogP) is 1.61. The van der Waals surface area contributed by atoms with Crippen LogP contribution in [0.5, 0.6) is 17.2 Å². The van der Waals surface area contributed by atoms with Crippen LogP contribution in [0.15, 0.2) is 46.3 Å². The van der Waals surface area contributed by atoms with Crippen molar-refractivity contribution in [3.05, 3.63) is 47.5 Å². The zero-order valence-corrected chi connectivity index (χ0v) is 15.3. The lowest BCUT2D eigenvalue weighted by molar-refractivity contribution is 0.100. The second-order valence-electron chi connectivity index (χ2n) is 5.51. The van der Waals surface area contributed by atoms with Crippen LogP contribution in [0.4, 0.5) is 0 Å². The molecule has 2 aromatic carbocycles. The van der Waals surface area contributed by atoms with Crippen LogP contribution in [0, 0.1) is 6.92 Å². The number of guanidine groups is 1. The SMILES string of the molecule is COc1cccc(Oc2cc(C)c(C(=O)N=C(N)N)cc2S(C)(=O)=O)c1. The minimum absolute atomic E-state index is 0.0665. The number of hydrogen-bond acceptors (Lipinski definition) is 5. The molecule has 0 fully saturated rings. The zero-order chi connectivity index (χ0) is 19.5. The van der Waals surface area contributed by atoms with Crippen molar-refractivity contribution >= 4 is 21.7 Å². The summed E-state index contributed by atoms with van der Waals surface area (Å²) in [4.78, 5) is 15.4. The minimum Gasteiger partial charge on any atom is -0.497 e. The number of aryl methyl sites for hydroxylation is 1. The lowest BCUT2D eigenvalue weighted by atomic mass is 10.1. The molecule has 0 aromatic heterocycles. The van der Waals surface area contributed by atoms with E-state index in [4.69, 9.17) is 20.9 Å². The van der Waals surface area contributed by atoms with Crippen molar-refractivity contribution in [1.82, 2.24) is 0 Å². The first-order chi connectivity index (χ1) is 12.1. The summed E-state index contributed by atoms with van der Waals surface area (Å²) in [5, 5.41) is 0. The Labute approximate surface area is 151 Å². The second kappa shape index (κ2) is 7.44. The van der Waals surface area contributed by atoms with E-state index in [2.05, 4.69) is 4.99 Å². The van der Waals surface area contributed by atoms with Crippen LogP contribution in [-0.4, -0.2) is 33.7 Å². The maximum atomic E-state index is 12.2. The quantitative estimate of drug-likeness (QED) is 0.597. The molecule has 1 amide bonds. The molecular formula is C17H19N3O5S. The van der Waals surface area contributed by atoms with Crippen molar-refractivity contribution in [2.45, 2.75) is 11.8 Å². The second-order valence-corrected chi connectivity index (χ2v) is 7.49. The lowest BCUT2D eigenvalue weighted by Gasteiger charge is -2.13. The van der Waals surface area contributed by atoms with Gasteiger partial charge in [-0.15, -0.1) is 0 Å². The molecule has 0 spiro atoms. The highest BCUT2D eigenvalue weighted by Gasteiger charge is 2.21. The van der Waals surface area contributed by atoms with Crippen LogP contribution in [0.2, 0.25) is 0 Å². The number of sulfone groups is 1. The van der Waals surface area contributed by atoms with E-state index >= 15 is 0 Å². The van der Waals surface area contributed by atoms with Gasteiger partial charge in [0.1, 0.15) is 22.1 Å². The molecule has 0 saturated carbocycles. The van der Waals surface area contributed by atoms with Gasteiger partial charge >= 0.3 is 0 Å². The molecule has 9 heteroatoms. The van der Waals surface area contributed by atoms with Gasteiger partial charge in [0, 0.05) is 17.9 Å². The number of amides is 1. The van der Waals surface area contributed by atoms with E-state index in [1.165, 1.54) is 19.2 Å². The van der Waals surface area contributed by atoms with Crippen molar-refractivity contribution in [1.29, 1.82) is 0 Å². The molecule has 0 unspecified atom stereocenters. The van der Waals surface area contributed by atoms with E-state index in [1.54, 1.807) is 31.2 Å². The zero-order valence-electron chi connectivity index (χ0n) is 14.5. The van der Waals surface area contributed by atoms with Crippen LogP contribution in [0.25, 0.3) is 0 Å². The van der Waals surface area contributed by atoms with Crippen LogP contribution in [0.3, 0.4) is 0 Å². The maximum absolute atomic E-state index is 12.2. The van der Waals surface area contributed by atoms with Crippen LogP contribution in [0.1, 0.15) is 15.9 Å². The number of hydrogen-bond donors (Lipinski definition) is 2. The summed E-state index contributed by atoms with van der Waals surface area (Å²) >= 11 is 0. The normalized spacial score (nSPS) is 10.9. The van der Waals surface area contributed by atoms with Crippen molar-refractivity contribution in [2.75, 3.05) is 13.4 Å². The Hall–Kier alpha value is -3.07. The van der Waals surface area contributed by atoms with Gasteiger partial charge in [0.05, 0.1) is 7.11 Å². The van der Waals surface area contributed by atoms with E-state index in [9.17, 15) is 13.2 Å². The predicted molar refractivity (Wildman–Crippen MR) is 97.5 cm³/mol. The Bertz CT molecular complexity index is 980. The Morgan fingerprint density at radius 2 is 1.77 bits per heavy atom. The van der Waals surface area contributed by atoms with Gasteiger partial charge in [-0.1, -0.05) is 6.07 Å². The summed E-state index contributed by atoms with van der Waals surface area (Å²) in [5.41, 5.74) is 11.0. The third-order valence-corrected chi connectivity index (χ3v) is 4.54. The Kier molecular flexibility index (Phi) is 5.51. The van der Waals surface area contributed by atoms with Gasteiger partial charge in [-0.05, 0) is 36.8 Å². The number of carbonyl (C=O) groups is 1. The first kappa shape index (κ1) is 19.3. The van der Waals surface area contributed by atoms with Crippen LogP contribution < -0.4 is 20.9 Å². The molecule has 2 aromatic rings. The highest BCUT2D eigenvalue weighted by molar-refractivity contribution is 7.90. The summed E-state index contributed by atoms with van der Waals surface area (Å²) < 4.78 is 35.2. The molecule has 0 atom stereocenters. The molecule has 0 radical (unpaired) electrons. The minimum atomic E-state index is -3.69. The summed E-state index contributed by atoms with van der Waals surface area (Å²) in [7, 11) is -2.18. The molecule has 0 aliphatic rings. The lowest BCUT2D eigenvalue weighted by Crippen LogP contribution is -2.24. The highest BCUT2D eigenvalue weighted by atomic mass is 32.2. The standard InChI is InChI=1S/C17H19N3O5S/c1-10-7-14(25-12-6-4-5-11(8-12)24-2)15(26(3,22)23)9-13(10)16(21)20-17(18)19/h4-9H,1-3H3,(H4,18,19,20,21). The van der Waals surface area contributed by atoms with Crippen molar-refractivity contribution < 1.29 is 22.7 Å². The molecule has 2 rings (SSSR count). The van der Waals surface area contributed by atoms with E-state index < -0.39 is 21.7 Å². The molecule has 0 aliphatic heterocycles. The van der Waals surface area contributed by atoms with Gasteiger partial charge in [0.25, 0.3) is 5.91 Å². The average Bonchev–Trinajstić information content (AvgIpc) is 2.53. The molecule has 8 nitrogen and oxygen atoms in total. The van der Waals surface area contributed by atoms with Crippen molar-refractivity contribution in [3.63, 3.8) is 0 Å². The number of aliphatic imine (C=N–C) groups is 1. The molecule has 26 heavy (non-hydrogen) atoms. The third-order valence-electron chi connectivity index (χ3n) is 3.42. The third kappa shape index (κ3) is 4.51. The van der Waals surface area contributed by atoms with Gasteiger partial charge < -0.3 is 20.9 Å². The fourth-order valence-corrected chi connectivity index (χ4v) is 3.03. The fraction of sp³-hybridized carbons (Fsp3) is 0.176. The first-order valence-corrected chi connectivity index (χ1v) is 9.31. The smallest absolute Gasteiger partial charge is 0.280 e. The molecule has 0 aliphatic carbocycles. The Morgan fingerprint density at radius 3 is 2.35 bits per heavy atom. The Morgan fingerprint density at radius 1 is 1.12 bits per heavy atom. The number of methoxy groups -OCH3 is 1. The molecule has 0 heterocycles. The summed E-state index contributed by atoms with van der Waals surface area (Å²) in [6.45, 7) is 1.62. The summed E-state index contributed by atoms with van der Waals surface area (Å²) in [5.74, 6) is -0.122. The van der Waals surface area contributed by atoms with Crippen LogP contribution >= 0.6 is 0 Å². The number of nitrogens with two attached hydrogens (primary N) is 2.